The molecule has 0 aromatic heterocycles. The van der Waals surface area contributed by atoms with E-state index in [1.54, 1.807) is 36.4 Å². The molecule has 3 aromatic carbocycles. The minimum Gasteiger partial charge on any atom is -0.411 e. The van der Waals surface area contributed by atoms with E-state index in [0.29, 0.717) is 17.2 Å². The maximum Gasteiger partial charge on any atom is 0.269 e. The zero-order valence-electron chi connectivity index (χ0n) is 14.8. The second-order valence-electron chi connectivity index (χ2n) is 6.17. The van der Waals surface area contributed by atoms with E-state index in [1.165, 1.54) is 12.1 Å². The number of nitrogens with zero attached hydrogens (tertiary/aromatic N) is 2. The molecule has 0 heterocycles. The lowest BCUT2D eigenvalue weighted by molar-refractivity contribution is -0.384. The van der Waals surface area contributed by atoms with Gasteiger partial charge in [-0.3, -0.25) is 10.1 Å². The molecule has 0 aliphatic rings. The number of halogens is 1. The largest absolute Gasteiger partial charge is 0.411 e. The second-order valence-corrected chi connectivity index (χ2v) is 6.61. The zero-order chi connectivity index (χ0) is 19.9. The van der Waals surface area contributed by atoms with Crippen molar-refractivity contribution in [3.05, 3.63) is 105 Å². The molecule has 0 aliphatic heterocycles. The summed E-state index contributed by atoms with van der Waals surface area (Å²) in [7, 11) is 0. The monoisotopic (exact) mass is 395 g/mol. The van der Waals surface area contributed by atoms with Gasteiger partial charge < -0.3 is 10.5 Å². The van der Waals surface area contributed by atoms with Crippen molar-refractivity contribution in [2.45, 2.75) is 12.5 Å². The van der Waals surface area contributed by atoms with Crippen LogP contribution >= 0.6 is 11.6 Å². The molecule has 2 N–H and O–H groups in total. The fraction of sp³-hybridized carbons (Fsp3) is 0.0952. The lowest BCUT2D eigenvalue weighted by atomic mass is 9.97. The third-order valence-corrected chi connectivity index (χ3v) is 4.57. The van der Waals surface area contributed by atoms with Gasteiger partial charge in [-0.05, 0) is 35.4 Å². The summed E-state index contributed by atoms with van der Waals surface area (Å²) in [6.45, 7) is 0. The van der Waals surface area contributed by atoms with Crippen molar-refractivity contribution in [1.82, 2.24) is 0 Å². The van der Waals surface area contributed by atoms with Crippen molar-refractivity contribution in [2.75, 3.05) is 5.32 Å². The van der Waals surface area contributed by atoms with Gasteiger partial charge in [0.2, 0.25) is 0 Å². The van der Waals surface area contributed by atoms with Crippen molar-refractivity contribution in [3.8, 4) is 0 Å². The smallest absolute Gasteiger partial charge is 0.269 e. The van der Waals surface area contributed by atoms with E-state index >= 15 is 0 Å². The summed E-state index contributed by atoms with van der Waals surface area (Å²) in [6, 6.07) is 22.8. The maximum atomic E-state index is 10.9. The summed E-state index contributed by atoms with van der Waals surface area (Å²) in [5, 5.41) is 27.9. The number of nitro groups is 1. The van der Waals surface area contributed by atoms with Crippen molar-refractivity contribution >= 4 is 28.7 Å². The molecule has 0 saturated carbocycles. The average molecular weight is 396 g/mol. The van der Waals surface area contributed by atoms with Crippen molar-refractivity contribution in [3.63, 3.8) is 0 Å². The van der Waals surface area contributed by atoms with Crippen LogP contribution in [0.3, 0.4) is 0 Å². The van der Waals surface area contributed by atoms with Gasteiger partial charge in [0.25, 0.3) is 5.69 Å². The Balaban J connectivity index is 1.86. The van der Waals surface area contributed by atoms with Crippen LogP contribution < -0.4 is 5.32 Å². The highest BCUT2D eigenvalue weighted by Crippen LogP contribution is 2.26. The Morgan fingerprint density at radius 2 is 1.68 bits per heavy atom. The number of rotatable bonds is 7. The zero-order valence-corrected chi connectivity index (χ0v) is 15.6. The normalized spacial score (nSPS) is 12.4. The van der Waals surface area contributed by atoms with E-state index in [9.17, 15) is 15.3 Å². The fourth-order valence-electron chi connectivity index (χ4n) is 2.87. The molecule has 28 heavy (non-hydrogen) atoms. The highest BCUT2D eigenvalue weighted by molar-refractivity contribution is 6.30. The Kier molecular flexibility index (Phi) is 6.24. The van der Waals surface area contributed by atoms with Crippen LogP contribution in [0.15, 0.2) is 84.0 Å². The highest BCUT2D eigenvalue weighted by atomic mass is 35.5. The molecule has 0 aliphatic carbocycles. The van der Waals surface area contributed by atoms with Crippen molar-refractivity contribution in [1.29, 1.82) is 0 Å². The topological polar surface area (TPSA) is 87.8 Å². The van der Waals surface area contributed by atoms with E-state index in [0.717, 1.165) is 16.8 Å². The number of nitrogens with one attached hydrogen (secondary N) is 1. The average Bonchev–Trinajstić information content (AvgIpc) is 2.73. The Labute approximate surface area is 167 Å². The molecule has 1 atom stereocenters. The quantitative estimate of drug-likeness (QED) is 0.233. The van der Waals surface area contributed by atoms with Crippen LogP contribution in [0, 0.1) is 10.1 Å². The molecule has 142 valence electrons. The molecule has 0 amide bonds. The molecule has 0 fully saturated rings. The van der Waals surface area contributed by atoms with E-state index in [1.807, 2.05) is 30.3 Å². The summed E-state index contributed by atoms with van der Waals surface area (Å²) >= 11 is 5.94. The van der Waals surface area contributed by atoms with Crippen LogP contribution in [0.5, 0.6) is 0 Å². The number of anilines is 1. The SMILES string of the molecule is O=[N+]([O-])c1ccc(NC(CC(=NO)c2ccc(Cl)cc2)c2ccccc2)cc1. The molecule has 3 rings (SSSR count). The lowest BCUT2D eigenvalue weighted by Crippen LogP contribution is -2.16. The molecule has 7 heteroatoms. The van der Waals surface area contributed by atoms with Gasteiger partial charge in [-0.15, -0.1) is 0 Å². The third kappa shape index (κ3) is 4.86. The highest BCUT2D eigenvalue weighted by Gasteiger charge is 2.17. The minimum absolute atomic E-state index is 0.0283. The Morgan fingerprint density at radius 3 is 2.25 bits per heavy atom. The first-order valence-electron chi connectivity index (χ1n) is 8.59. The standard InChI is InChI=1S/C21H18ClN3O3/c22-17-8-6-16(7-9-17)21(24-26)14-20(15-4-2-1-3-5-15)23-18-10-12-19(13-11-18)25(27)28/h1-13,20,23,26H,14H2. The van der Waals surface area contributed by atoms with Gasteiger partial charge >= 0.3 is 0 Å². The first-order valence-corrected chi connectivity index (χ1v) is 8.97. The molecular formula is C21H18ClN3O3. The third-order valence-electron chi connectivity index (χ3n) is 4.32. The molecule has 0 bridgehead atoms. The van der Waals surface area contributed by atoms with Crippen molar-refractivity contribution in [2.24, 2.45) is 5.16 Å². The van der Waals surface area contributed by atoms with Gasteiger partial charge in [-0.2, -0.15) is 0 Å². The van der Waals surface area contributed by atoms with E-state index in [2.05, 4.69) is 10.5 Å². The Hall–Kier alpha value is -3.38. The summed E-state index contributed by atoms with van der Waals surface area (Å²) in [6.07, 6.45) is 0.402. The van der Waals surface area contributed by atoms with E-state index < -0.39 is 4.92 Å². The van der Waals surface area contributed by atoms with E-state index in [-0.39, 0.29) is 11.7 Å². The number of non-ortho nitro benzene ring substituents is 1. The van der Waals surface area contributed by atoms with Gasteiger partial charge in [0.15, 0.2) is 0 Å². The molecule has 0 radical (unpaired) electrons. The number of hydrogen-bond acceptors (Lipinski definition) is 5. The molecule has 0 saturated heterocycles. The van der Waals surface area contributed by atoms with Gasteiger partial charge in [-0.1, -0.05) is 59.2 Å². The minimum atomic E-state index is -0.435. The molecular weight excluding hydrogens is 378 g/mol. The summed E-state index contributed by atoms with van der Waals surface area (Å²) in [5.74, 6) is 0. The first kappa shape index (κ1) is 19.4. The summed E-state index contributed by atoms with van der Waals surface area (Å²) in [4.78, 5) is 10.4. The van der Waals surface area contributed by atoms with E-state index in [4.69, 9.17) is 11.6 Å². The Bertz CT molecular complexity index is 958. The van der Waals surface area contributed by atoms with Crippen LogP contribution in [0.2, 0.25) is 5.02 Å². The van der Waals surface area contributed by atoms with Crippen LogP contribution in [-0.4, -0.2) is 15.8 Å². The van der Waals surface area contributed by atoms with Crippen LogP contribution in [0.4, 0.5) is 11.4 Å². The van der Waals surface area contributed by atoms with Crippen LogP contribution in [-0.2, 0) is 0 Å². The first-order chi connectivity index (χ1) is 13.6. The number of hydrogen-bond donors (Lipinski definition) is 2. The Morgan fingerprint density at radius 1 is 1.04 bits per heavy atom. The lowest BCUT2D eigenvalue weighted by Gasteiger charge is -2.21. The van der Waals surface area contributed by atoms with Crippen LogP contribution in [0.25, 0.3) is 0 Å². The summed E-state index contributed by atoms with van der Waals surface area (Å²) < 4.78 is 0. The number of nitro benzene ring substituents is 1. The van der Waals surface area contributed by atoms with Gasteiger partial charge in [-0.25, -0.2) is 0 Å². The van der Waals surface area contributed by atoms with Gasteiger partial charge in [0, 0.05) is 29.3 Å². The predicted octanol–water partition coefficient (Wildman–Crippen LogP) is 5.67. The molecule has 1 unspecified atom stereocenters. The summed E-state index contributed by atoms with van der Waals surface area (Å²) in [5.41, 5.74) is 3.02. The van der Waals surface area contributed by atoms with Gasteiger partial charge in [0.1, 0.15) is 0 Å². The number of oxime groups is 1. The molecule has 6 nitrogen and oxygen atoms in total. The predicted molar refractivity (Wildman–Crippen MR) is 110 cm³/mol. The molecule has 3 aromatic rings. The fourth-order valence-corrected chi connectivity index (χ4v) is 3.00. The van der Waals surface area contributed by atoms with Crippen molar-refractivity contribution < 1.29 is 10.1 Å². The maximum absolute atomic E-state index is 10.9. The van der Waals surface area contributed by atoms with Crippen LogP contribution in [0.1, 0.15) is 23.6 Å². The molecule has 0 spiro atoms. The van der Waals surface area contributed by atoms with Gasteiger partial charge in [0.05, 0.1) is 16.7 Å². The second kappa shape index (κ2) is 9.01. The number of benzene rings is 3.